The van der Waals surface area contributed by atoms with E-state index in [0.29, 0.717) is 0 Å². The third-order valence-electron chi connectivity index (χ3n) is 0.704. The molecule has 1 aliphatic rings. The van der Waals surface area contributed by atoms with E-state index in [1.807, 2.05) is 5.32 Å². The van der Waals surface area contributed by atoms with Crippen LogP contribution in [0.25, 0.3) is 0 Å². The molecule has 0 aromatic heterocycles. The number of nitrogens with one attached hydrogen (secondary N) is 2. The third-order valence-corrected chi connectivity index (χ3v) is 0.704. The number of hydrogen-bond acceptors (Lipinski definition) is 3. The van der Waals surface area contributed by atoms with Gasteiger partial charge in [0.15, 0.2) is 6.54 Å². The molecule has 4 nitrogen and oxygen atoms in total. The summed E-state index contributed by atoms with van der Waals surface area (Å²) in [6, 6.07) is 0. The van der Waals surface area contributed by atoms with Crippen LogP contribution in [0.4, 0.5) is 0 Å². The normalized spacial score (nSPS) is 20.5. The van der Waals surface area contributed by atoms with E-state index in [0.717, 1.165) is 0 Å². The summed E-state index contributed by atoms with van der Waals surface area (Å²) in [7, 11) is 0. The van der Waals surface area contributed by atoms with Crippen LogP contribution >= 0.6 is 0 Å². The molecule has 0 aromatic rings. The minimum Gasteiger partial charge on any atom is -0.294 e. The van der Waals surface area contributed by atoms with Crippen LogP contribution in [0, 0.1) is 6.54 Å². The first kappa shape index (κ1) is 5.24. The maximum Gasteiger partial charge on any atom is 0.252 e. The van der Waals surface area contributed by atoms with Crippen molar-refractivity contribution in [1.29, 1.82) is 0 Å². The van der Waals surface area contributed by atoms with Crippen LogP contribution in [0.3, 0.4) is 0 Å². The predicted molar refractivity (Wildman–Crippen MR) is 24.4 cm³/mol. The topological polar surface area (TPSA) is 58.2 Å². The highest BCUT2D eigenvalue weighted by molar-refractivity contribution is 6.02. The summed E-state index contributed by atoms with van der Waals surface area (Å²) < 4.78 is 0. The lowest BCUT2D eigenvalue weighted by Gasteiger charge is -2.08. The first-order valence-electron chi connectivity index (χ1n) is 2.12. The Bertz CT molecular complexity index is 118. The van der Waals surface area contributed by atoms with E-state index >= 15 is 0 Å². The molecule has 0 aromatic carbocycles. The number of carbonyl (C=O) groups excluding carboxylic acids is 2. The van der Waals surface area contributed by atoms with Gasteiger partial charge in [-0.3, -0.25) is 20.2 Å². The number of imide groups is 1. The summed E-state index contributed by atoms with van der Waals surface area (Å²) >= 11 is 0. The van der Waals surface area contributed by atoms with Crippen molar-refractivity contribution in [2.75, 3.05) is 6.54 Å². The first-order valence-corrected chi connectivity index (χ1v) is 2.12. The second kappa shape index (κ2) is 1.92. The quantitative estimate of drug-likeness (QED) is 0.366. The van der Waals surface area contributed by atoms with Crippen molar-refractivity contribution in [1.82, 2.24) is 10.6 Å². The summed E-state index contributed by atoms with van der Waals surface area (Å²) in [5, 5.41) is 4.40. The standard InChI is InChI=1S/C4H4N2O2/c7-3-1-5-2-4(8)6-3/h5H,1H2,(H,6,7,8). The zero-order chi connectivity index (χ0) is 5.98. The SMILES string of the molecule is O=C1[C]NCC(=O)N1. The van der Waals surface area contributed by atoms with Crippen LogP contribution in [0.5, 0.6) is 0 Å². The molecule has 2 N–H and O–H groups in total. The summed E-state index contributed by atoms with van der Waals surface area (Å²) in [5.74, 6) is -0.810. The monoisotopic (exact) mass is 112 g/mol. The minimum absolute atomic E-state index is 0.145. The zero-order valence-corrected chi connectivity index (χ0v) is 4.02. The molecule has 0 atom stereocenters. The van der Waals surface area contributed by atoms with Crippen molar-refractivity contribution in [3.8, 4) is 0 Å². The molecule has 1 heterocycles. The molecule has 0 spiro atoms. The van der Waals surface area contributed by atoms with Crippen LogP contribution in [0.1, 0.15) is 0 Å². The molecule has 42 valence electrons. The number of hydrogen-bond donors (Lipinski definition) is 2. The highest BCUT2D eigenvalue weighted by Gasteiger charge is 2.13. The molecule has 0 unspecified atom stereocenters. The highest BCUT2D eigenvalue weighted by atomic mass is 16.2. The number of rotatable bonds is 0. The maximum absolute atomic E-state index is 10.2. The van der Waals surface area contributed by atoms with E-state index in [-0.39, 0.29) is 12.5 Å². The van der Waals surface area contributed by atoms with Gasteiger partial charge < -0.3 is 0 Å². The van der Waals surface area contributed by atoms with Crippen molar-refractivity contribution in [3.05, 3.63) is 6.54 Å². The summed E-state index contributed by atoms with van der Waals surface area (Å²) in [6.45, 7) is 2.34. The molecule has 0 aliphatic carbocycles. The Morgan fingerprint density at radius 1 is 1.50 bits per heavy atom. The molecule has 0 bridgehead atoms. The Hall–Kier alpha value is -0.900. The van der Waals surface area contributed by atoms with E-state index in [2.05, 4.69) is 11.9 Å². The van der Waals surface area contributed by atoms with E-state index < -0.39 is 5.91 Å². The summed E-state index contributed by atoms with van der Waals surface area (Å²) in [5.41, 5.74) is 0. The fourth-order valence-corrected chi connectivity index (χ4v) is 0.407. The fraction of sp³-hybridized carbons (Fsp3) is 0.250. The molecule has 2 radical (unpaired) electrons. The van der Waals surface area contributed by atoms with Gasteiger partial charge in [0, 0.05) is 0 Å². The largest absolute Gasteiger partial charge is 0.294 e. The second-order valence-corrected chi connectivity index (χ2v) is 1.36. The molecule has 1 aliphatic heterocycles. The van der Waals surface area contributed by atoms with E-state index in [1.54, 1.807) is 0 Å². The molecular weight excluding hydrogens is 108 g/mol. The first-order chi connectivity index (χ1) is 3.79. The van der Waals surface area contributed by atoms with Gasteiger partial charge in [0.25, 0.3) is 5.91 Å². The lowest BCUT2D eigenvalue weighted by atomic mass is 10.4. The molecule has 1 rings (SSSR count). The van der Waals surface area contributed by atoms with Gasteiger partial charge in [-0.1, -0.05) is 0 Å². The van der Waals surface area contributed by atoms with Gasteiger partial charge in [0.1, 0.15) is 0 Å². The fourth-order valence-electron chi connectivity index (χ4n) is 0.407. The Labute approximate surface area is 46.3 Å². The molecule has 0 saturated carbocycles. The van der Waals surface area contributed by atoms with Crippen molar-refractivity contribution in [2.45, 2.75) is 0 Å². The third kappa shape index (κ3) is 1.04. The predicted octanol–water partition coefficient (Wildman–Crippen LogP) is -1.73. The van der Waals surface area contributed by atoms with Crippen LogP contribution < -0.4 is 10.6 Å². The van der Waals surface area contributed by atoms with Crippen molar-refractivity contribution in [2.24, 2.45) is 0 Å². The Balaban J connectivity index is 2.45. The zero-order valence-electron chi connectivity index (χ0n) is 4.02. The molecule has 8 heavy (non-hydrogen) atoms. The van der Waals surface area contributed by atoms with Gasteiger partial charge in [-0.25, -0.2) is 0 Å². The van der Waals surface area contributed by atoms with E-state index in [9.17, 15) is 9.59 Å². The summed E-state index contributed by atoms with van der Waals surface area (Å²) in [4.78, 5) is 20.4. The van der Waals surface area contributed by atoms with Gasteiger partial charge in [-0.15, -0.1) is 0 Å². The van der Waals surface area contributed by atoms with Crippen molar-refractivity contribution >= 4 is 11.8 Å². The number of piperazine rings is 1. The Kier molecular flexibility index (Phi) is 1.26. The van der Waals surface area contributed by atoms with Gasteiger partial charge in [0.2, 0.25) is 5.91 Å². The molecule has 1 fully saturated rings. The van der Waals surface area contributed by atoms with Crippen LogP contribution in [-0.2, 0) is 9.59 Å². The lowest BCUT2D eigenvalue weighted by molar-refractivity contribution is -0.130. The lowest BCUT2D eigenvalue weighted by Crippen LogP contribution is -2.45. The second-order valence-electron chi connectivity index (χ2n) is 1.36. The average molecular weight is 112 g/mol. The van der Waals surface area contributed by atoms with Gasteiger partial charge in [-0.2, -0.15) is 0 Å². The van der Waals surface area contributed by atoms with Gasteiger partial charge in [-0.05, 0) is 0 Å². The molecule has 1 saturated heterocycles. The van der Waals surface area contributed by atoms with Crippen LogP contribution in [0.2, 0.25) is 0 Å². The van der Waals surface area contributed by atoms with E-state index in [4.69, 9.17) is 0 Å². The average Bonchev–Trinajstić information content (AvgIpc) is 1.64. The van der Waals surface area contributed by atoms with Crippen molar-refractivity contribution in [3.63, 3.8) is 0 Å². The smallest absolute Gasteiger partial charge is 0.252 e. The maximum atomic E-state index is 10.2. The Morgan fingerprint density at radius 3 is 2.62 bits per heavy atom. The highest BCUT2D eigenvalue weighted by Crippen LogP contribution is 1.78. The van der Waals surface area contributed by atoms with Crippen LogP contribution in [0.15, 0.2) is 0 Å². The molecular formula is C4H4N2O2. The van der Waals surface area contributed by atoms with Gasteiger partial charge >= 0.3 is 0 Å². The van der Waals surface area contributed by atoms with Gasteiger partial charge in [0.05, 0.1) is 6.54 Å². The van der Waals surface area contributed by atoms with Crippen molar-refractivity contribution < 1.29 is 9.59 Å². The minimum atomic E-state index is -0.499. The number of carbonyl (C=O) groups is 2. The van der Waals surface area contributed by atoms with Crippen LogP contribution in [-0.4, -0.2) is 18.4 Å². The Morgan fingerprint density at radius 2 is 2.25 bits per heavy atom. The summed E-state index contributed by atoms with van der Waals surface area (Å²) in [6.07, 6.45) is 0. The molecule has 2 amide bonds. The molecule has 4 heteroatoms. The van der Waals surface area contributed by atoms with E-state index in [1.165, 1.54) is 0 Å². The number of amides is 2.